The molecule has 2 N–H and O–H groups in total. The van der Waals surface area contributed by atoms with E-state index in [9.17, 15) is 9.59 Å². The molecule has 0 bridgehead atoms. The van der Waals surface area contributed by atoms with Gasteiger partial charge in [-0.25, -0.2) is 0 Å². The first-order chi connectivity index (χ1) is 11.4. The number of aromatic nitrogens is 2. The van der Waals surface area contributed by atoms with Crippen molar-refractivity contribution in [1.82, 2.24) is 15.1 Å². The van der Waals surface area contributed by atoms with Crippen LogP contribution in [-0.2, 0) is 16.1 Å². The summed E-state index contributed by atoms with van der Waals surface area (Å²) in [5.41, 5.74) is 7.39. The van der Waals surface area contributed by atoms with E-state index in [4.69, 9.17) is 5.73 Å². The molecule has 2 aromatic rings. The van der Waals surface area contributed by atoms with Gasteiger partial charge in [0.25, 0.3) is 0 Å². The summed E-state index contributed by atoms with van der Waals surface area (Å²) in [6, 6.07) is 8.13. The fourth-order valence-corrected chi connectivity index (χ4v) is 4.44. The van der Waals surface area contributed by atoms with Crippen LogP contribution in [0, 0.1) is 6.92 Å². The lowest BCUT2D eigenvalue weighted by Crippen LogP contribution is -2.27. The number of thioether (sulfide) groups is 2. The topological polar surface area (TPSA) is 89.2 Å². The van der Waals surface area contributed by atoms with Crippen molar-refractivity contribution >= 4 is 46.7 Å². The lowest BCUT2D eigenvalue weighted by Gasteiger charge is -2.16. The average molecular weight is 383 g/mol. The van der Waals surface area contributed by atoms with E-state index < -0.39 is 5.91 Å². The van der Waals surface area contributed by atoms with Gasteiger partial charge in [-0.2, -0.15) is 0 Å². The lowest BCUT2D eigenvalue weighted by atomic mass is 10.1. The van der Waals surface area contributed by atoms with Crippen LogP contribution < -0.4 is 5.73 Å². The van der Waals surface area contributed by atoms with Crippen molar-refractivity contribution < 1.29 is 9.59 Å². The van der Waals surface area contributed by atoms with Crippen LogP contribution in [0.4, 0.5) is 0 Å². The number of aryl methyl sites for hydroxylation is 1. The number of hydrogen-bond donors (Lipinski definition) is 1. The van der Waals surface area contributed by atoms with Crippen molar-refractivity contribution in [3.8, 4) is 0 Å². The van der Waals surface area contributed by atoms with E-state index in [-0.39, 0.29) is 11.7 Å². The molecule has 0 saturated carbocycles. The molecular formula is C15H18N4O2S3. The number of benzene rings is 1. The van der Waals surface area contributed by atoms with Gasteiger partial charge in [0.2, 0.25) is 11.8 Å². The Labute approximate surface area is 153 Å². The van der Waals surface area contributed by atoms with E-state index in [1.807, 2.05) is 31.2 Å². The Hall–Kier alpha value is -1.58. The number of carbonyl (C=O) groups is 2. The van der Waals surface area contributed by atoms with E-state index in [0.717, 1.165) is 5.56 Å². The van der Waals surface area contributed by atoms with Gasteiger partial charge in [0.05, 0.1) is 11.5 Å². The Balaban J connectivity index is 1.79. The quantitative estimate of drug-likeness (QED) is 0.704. The number of hydrogen-bond acceptors (Lipinski definition) is 7. The number of amides is 2. The van der Waals surface area contributed by atoms with E-state index in [2.05, 4.69) is 10.2 Å². The van der Waals surface area contributed by atoms with Gasteiger partial charge in [0.15, 0.2) is 8.68 Å². The summed E-state index contributed by atoms with van der Waals surface area (Å²) in [6.45, 7) is 2.61. The van der Waals surface area contributed by atoms with Gasteiger partial charge in [0, 0.05) is 13.6 Å². The normalized spacial score (nSPS) is 10.6. The monoisotopic (exact) mass is 382 g/mol. The van der Waals surface area contributed by atoms with Crippen LogP contribution in [0.2, 0.25) is 0 Å². The number of rotatable bonds is 8. The highest BCUT2D eigenvalue weighted by molar-refractivity contribution is 8.03. The van der Waals surface area contributed by atoms with Crippen LogP contribution in [0.15, 0.2) is 32.9 Å². The molecule has 2 amide bonds. The summed E-state index contributed by atoms with van der Waals surface area (Å²) in [4.78, 5) is 24.6. The molecule has 0 saturated heterocycles. The van der Waals surface area contributed by atoms with Crippen LogP contribution in [0.1, 0.15) is 11.1 Å². The highest BCUT2D eigenvalue weighted by Crippen LogP contribution is 2.28. The van der Waals surface area contributed by atoms with Gasteiger partial charge in [-0.3, -0.25) is 9.59 Å². The second kappa shape index (κ2) is 9.05. The van der Waals surface area contributed by atoms with Crippen LogP contribution >= 0.6 is 34.9 Å². The predicted octanol–water partition coefficient (Wildman–Crippen LogP) is 2.17. The molecular weight excluding hydrogens is 364 g/mol. The van der Waals surface area contributed by atoms with Crippen LogP contribution in [-0.4, -0.2) is 45.5 Å². The highest BCUT2D eigenvalue weighted by Gasteiger charge is 2.13. The smallest absolute Gasteiger partial charge is 0.233 e. The largest absolute Gasteiger partial charge is 0.369 e. The molecule has 1 aromatic carbocycles. The highest BCUT2D eigenvalue weighted by atomic mass is 32.2. The molecule has 0 spiro atoms. The van der Waals surface area contributed by atoms with Gasteiger partial charge in [-0.15, -0.1) is 10.2 Å². The average Bonchev–Trinajstić information content (AvgIpc) is 3.00. The third kappa shape index (κ3) is 6.14. The summed E-state index contributed by atoms with van der Waals surface area (Å²) in [6.07, 6.45) is 0. The molecule has 128 valence electrons. The van der Waals surface area contributed by atoms with E-state index >= 15 is 0 Å². The second-order valence-corrected chi connectivity index (χ2v) is 8.54. The van der Waals surface area contributed by atoms with Gasteiger partial charge >= 0.3 is 0 Å². The fraction of sp³-hybridized carbons (Fsp3) is 0.333. The molecule has 6 nitrogen and oxygen atoms in total. The summed E-state index contributed by atoms with van der Waals surface area (Å²) in [5.74, 6) is 0.120. The van der Waals surface area contributed by atoms with Crippen molar-refractivity contribution in [3.63, 3.8) is 0 Å². The zero-order valence-corrected chi connectivity index (χ0v) is 15.8. The molecule has 9 heteroatoms. The maximum Gasteiger partial charge on any atom is 0.233 e. The maximum absolute atomic E-state index is 12.2. The maximum atomic E-state index is 12.2. The number of nitrogens with two attached hydrogens (primary N) is 1. The summed E-state index contributed by atoms with van der Waals surface area (Å²) in [7, 11) is 1.79. The van der Waals surface area contributed by atoms with Gasteiger partial charge in [-0.1, -0.05) is 64.7 Å². The summed E-state index contributed by atoms with van der Waals surface area (Å²) < 4.78 is 1.39. The first kappa shape index (κ1) is 18.8. The molecule has 0 fully saturated rings. The minimum Gasteiger partial charge on any atom is -0.369 e. The molecule has 0 atom stereocenters. The van der Waals surface area contributed by atoms with Gasteiger partial charge in [-0.05, 0) is 12.5 Å². The predicted molar refractivity (Wildman–Crippen MR) is 98.2 cm³/mol. The SMILES string of the molecule is Cc1ccc(CN(C)C(=O)CSc2nnc(SCC(N)=O)s2)cc1. The Morgan fingerprint density at radius 1 is 1.12 bits per heavy atom. The minimum atomic E-state index is -0.391. The van der Waals surface area contributed by atoms with Crippen molar-refractivity contribution in [2.45, 2.75) is 22.1 Å². The first-order valence-electron chi connectivity index (χ1n) is 7.11. The van der Waals surface area contributed by atoms with Crippen molar-refractivity contribution in [2.75, 3.05) is 18.6 Å². The van der Waals surface area contributed by atoms with Gasteiger partial charge in [0.1, 0.15) is 0 Å². The van der Waals surface area contributed by atoms with E-state index in [1.54, 1.807) is 11.9 Å². The molecule has 0 aliphatic carbocycles. The lowest BCUT2D eigenvalue weighted by molar-refractivity contribution is -0.127. The first-order valence-corrected chi connectivity index (χ1v) is 9.89. The third-order valence-corrected chi connectivity index (χ3v) is 6.21. The van der Waals surface area contributed by atoms with Gasteiger partial charge < -0.3 is 10.6 Å². The summed E-state index contributed by atoms with van der Waals surface area (Å²) in [5, 5.41) is 7.97. The molecule has 0 radical (unpaired) electrons. The minimum absolute atomic E-state index is 0.0297. The third-order valence-electron chi connectivity index (χ3n) is 3.01. The number of primary amides is 1. The molecule has 0 unspecified atom stereocenters. The standard InChI is InChI=1S/C15H18N4O2S3/c1-10-3-5-11(6-4-10)7-19(2)13(21)9-23-15-18-17-14(24-15)22-8-12(16)20/h3-6H,7-9H2,1-2H3,(H2,16,20). The van der Waals surface area contributed by atoms with Crippen LogP contribution in [0.5, 0.6) is 0 Å². The Bertz CT molecular complexity index is 703. The zero-order valence-electron chi connectivity index (χ0n) is 13.4. The van der Waals surface area contributed by atoms with Crippen LogP contribution in [0.25, 0.3) is 0 Å². The Morgan fingerprint density at radius 2 is 1.71 bits per heavy atom. The number of carbonyl (C=O) groups excluding carboxylic acids is 2. The second-order valence-electron chi connectivity index (χ2n) is 5.11. The number of nitrogens with zero attached hydrogens (tertiary/aromatic N) is 3. The molecule has 0 aliphatic rings. The molecule has 1 aromatic heterocycles. The van der Waals surface area contributed by atoms with Crippen molar-refractivity contribution in [2.24, 2.45) is 5.73 Å². The molecule has 1 heterocycles. The fourth-order valence-electron chi connectivity index (χ4n) is 1.74. The molecule has 2 rings (SSSR count). The summed E-state index contributed by atoms with van der Waals surface area (Å²) >= 11 is 3.96. The van der Waals surface area contributed by atoms with E-state index in [1.165, 1.54) is 40.4 Å². The Kier molecular flexibility index (Phi) is 7.07. The molecule has 24 heavy (non-hydrogen) atoms. The zero-order chi connectivity index (χ0) is 17.5. The van der Waals surface area contributed by atoms with E-state index in [0.29, 0.717) is 21.0 Å². The van der Waals surface area contributed by atoms with Crippen LogP contribution in [0.3, 0.4) is 0 Å². The molecule has 0 aliphatic heterocycles. The van der Waals surface area contributed by atoms with Crippen molar-refractivity contribution in [3.05, 3.63) is 35.4 Å². The Morgan fingerprint density at radius 3 is 2.29 bits per heavy atom. The van der Waals surface area contributed by atoms with Crippen molar-refractivity contribution in [1.29, 1.82) is 0 Å².